The quantitative estimate of drug-likeness (QED) is 0.239. The molecule has 0 amide bonds. The predicted octanol–water partition coefficient (Wildman–Crippen LogP) is 6.76. The fraction of sp³-hybridized carbons (Fsp3) is 0.0400. The minimum absolute atomic E-state index is 0.000541. The third-order valence-corrected chi connectivity index (χ3v) is 6.99. The third kappa shape index (κ3) is 4.58. The van der Waals surface area contributed by atoms with Crippen molar-refractivity contribution in [2.45, 2.75) is 4.21 Å². The van der Waals surface area contributed by atoms with Crippen LogP contribution in [0.15, 0.2) is 95.2 Å². The molecule has 4 aromatic rings. The van der Waals surface area contributed by atoms with Crippen LogP contribution in [0.2, 0.25) is 0 Å². The Hall–Kier alpha value is -3.02. The van der Waals surface area contributed by atoms with Gasteiger partial charge in [-0.25, -0.2) is 4.39 Å². The Morgan fingerprint density at radius 2 is 1.47 bits per heavy atom. The van der Waals surface area contributed by atoms with Gasteiger partial charge in [-0.2, -0.15) is 0 Å². The van der Waals surface area contributed by atoms with Gasteiger partial charge in [-0.1, -0.05) is 72.8 Å². The molecule has 0 saturated heterocycles. The molecular formula is C25H17FO2S2. The van der Waals surface area contributed by atoms with E-state index in [1.54, 1.807) is 36.4 Å². The van der Waals surface area contributed by atoms with Crippen molar-refractivity contribution in [3.63, 3.8) is 0 Å². The van der Waals surface area contributed by atoms with Crippen LogP contribution in [0.5, 0.6) is 0 Å². The van der Waals surface area contributed by atoms with Gasteiger partial charge in [-0.05, 0) is 23.8 Å². The second kappa shape index (κ2) is 9.20. The number of Topliss-reactive ketones (excluding diaryl/α,β-unsaturated/α-hetero) is 1. The molecule has 0 aliphatic rings. The minimum Gasteiger partial charge on any atom is -0.293 e. The monoisotopic (exact) mass is 432 g/mol. The van der Waals surface area contributed by atoms with Crippen LogP contribution < -0.4 is 0 Å². The van der Waals surface area contributed by atoms with Crippen LogP contribution in [0.4, 0.5) is 4.39 Å². The molecule has 4 rings (SSSR count). The summed E-state index contributed by atoms with van der Waals surface area (Å²) in [6.07, 6.45) is 0. The number of rotatable bonds is 7. The fourth-order valence-electron chi connectivity index (χ4n) is 3.01. The first kappa shape index (κ1) is 20.3. The number of carbonyl (C=O) groups is 2. The molecule has 0 atom stereocenters. The van der Waals surface area contributed by atoms with E-state index < -0.39 is 0 Å². The molecule has 0 aliphatic heterocycles. The van der Waals surface area contributed by atoms with Crippen molar-refractivity contribution < 1.29 is 14.0 Å². The normalized spacial score (nSPS) is 10.7. The van der Waals surface area contributed by atoms with E-state index in [9.17, 15) is 14.0 Å². The number of carbonyl (C=O) groups excluding carboxylic acids is 2. The molecule has 148 valence electrons. The van der Waals surface area contributed by atoms with Crippen LogP contribution in [-0.4, -0.2) is 17.3 Å². The van der Waals surface area contributed by atoms with Gasteiger partial charge >= 0.3 is 0 Å². The van der Waals surface area contributed by atoms with Gasteiger partial charge in [0.2, 0.25) is 0 Å². The maximum atomic E-state index is 13.7. The summed E-state index contributed by atoms with van der Waals surface area (Å²) in [4.78, 5) is 26.5. The topological polar surface area (TPSA) is 34.1 Å². The Balaban J connectivity index is 1.66. The molecule has 0 fully saturated rings. The minimum atomic E-state index is -0.328. The van der Waals surface area contributed by atoms with E-state index in [4.69, 9.17) is 0 Å². The standard InChI is InChI=1S/C25H17FO2S2/c26-20-13-7-12-19(14-20)23-15-21(24(28)18-10-5-2-6-11-18)25(30-23)29-16-22(27)17-8-3-1-4-9-17/h1-15H,16H2. The average Bonchev–Trinajstić information content (AvgIpc) is 3.22. The number of thiophene rings is 1. The lowest BCUT2D eigenvalue weighted by Crippen LogP contribution is -2.04. The van der Waals surface area contributed by atoms with Crippen LogP contribution in [0.1, 0.15) is 26.3 Å². The average molecular weight is 433 g/mol. The molecular weight excluding hydrogens is 415 g/mol. The van der Waals surface area contributed by atoms with Crippen molar-refractivity contribution in [3.05, 3.63) is 114 Å². The number of hydrogen-bond acceptors (Lipinski definition) is 4. The lowest BCUT2D eigenvalue weighted by molar-refractivity contribution is 0.101. The molecule has 0 unspecified atom stereocenters. The van der Waals surface area contributed by atoms with E-state index in [2.05, 4.69) is 0 Å². The molecule has 0 radical (unpaired) electrons. The highest BCUT2D eigenvalue weighted by atomic mass is 32.2. The molecule has 3 aromatic carbocycles. The van der Waals surface area contributed by atoms with Crippen molar-refractivity contribution in [2.24, 2.45) is 0 Å². The summed E-state index contributed by atoms with van der Waals surface area (Å²) in [5.41, 5.74) is 2.47. The Labute approximate surface area is 182 Å². The summed E-state index contributed by atoms with van der Waals surface area (Å²) in [6, 6.07) is 26.2. The van der Waals surface area contributed by atoms with E-state index in [0.29, 0.717) is 22.3 Å². The Morgan fingerprint density at radius 1 is 0.800 bits per heavy atom. The van der Waals surface area contributed by atoms with Crippen LogP contribution in [-0.2, 0) is 0 Å². The molecule has 2 nitrogen and oxygen atoms in total. The predicted molar refractivity (Wildman–Crippen MR) is 121 cm³/mol. The highest BCUT2D eigenvalue weighted by molar-refractivity contribution is 8.01. The maximum Gasteiger partial charge on any atom is 0.195 e. The number of ketones is 2. The highest BCUT2D eigenvalue weighted by Crippen LogP contribution is 2.39. The summed E-state index contributed by atoms with van der Waals surface area (Å²) in [6.45, 7) is 0. The van der Waals surface area contributed by atoms with Crippen molar-refractivity contribution in [2.75, 3.05) is 5.75 Å². The van der Waals surface area contributed by atoms with E-state index >= 15 is 0 Å². The summed E-state index contributed by atoms with van der Waals surface area (Å²) >= 11 is 2.75. The zero-order valence-corrected chi connectivity index (χ0v) is 17.5. The summed E-state index contributed by atoms with van der Waals surface area (Å²) < 4.78 is 14.5. The van der Waals surface area contributed by atoms with E-state index in [1.807, 2.05) is 42.5 Å². The number of hydrogen-bond donors (Lipinski definition) is 0. The number of halogens is 1. The summed E-state index contributed by atoms with van der Waals surface area (Å²) in [5, 5.41) is 0. The molecule has 0 bridgehead atoms. The Morgan fingerprint density at radius 3 is 2.13 bits per heavy atom. The Bertz CT molecular complexity index is 1180. The number of thioether (sulfide) groups is 1. The number of benzene rings is 3. The van der Waals surface area contributed by atoms with Gasteiger partial charge in [0.05, 0.1) is 9.96 Å². The van der Waals surface area contributed by atoms with Crippen LogP contribution in [0.25, 0.3) is 10.4 Å². The second-order valence-corrected chi connectivity index (χ2v) is 8.89. The first-order valence-electron chi connectivity index (χ1n) is 9.32. The maximum absolute atomic E-state index is 13.7. The first-order valence-corrected chi connectivity index (χ1v) is 11.1. The van der Waals surface area contributed by atoms with Crippen molar-refractivity contribution in [3.8, 4) is 10.4 Å². The first-order chi connectivity index (χ1) is 14.6. The second-order valence-electron chi connectivity index (χ2n) is 6.60. The lowest BCUT2D eigenvalue weighted by atomic mass is 10.1. The van der Waals surface area contributed by atoms with Crippen molar-refractivity contribution in [1.29, 1.82) is 0 Å². The molecule has 0 aliphatic carbocycles. The molecule has 30 heavy (non-hydrogen) atoms. The van der Waals surface area contributed by atoms with Gasteiger partial charge in [-0.15, -0.1) is 23.1 Å². The zero-order chi connectivity index (χ0) is 20.9. The van der Waals surface area contributed by atoms with Gasteiger partial charge in [0, 0.05) is 21.6 Å². The highest BCUT2D eigenvalue weighted by Gasteiger charge is 2.20. The SMILES string of the molecule is O=C(CSc1sc(-c2cccc(F)c2)cc1C(=O)c1ccccc1)c1ccccc1. The van der Waals surface area contributed by atoms with Crippen LogP contribution >= 0.6 is 23.1 Å². The summed E-state index contributed by atoms with van der Waals surface area (Å²) in [5.74, 6) is -0.212. The third-order valence-electron chi connectivity index (χ3n) is 4.52. The van der Waals surface area contributed by atoms with Gasteiger partial charge in [0.1, 0.15) is 5.82 Å². The molecule has 0 spiro atoms. The van der Waals surface area contributed by atoms with E-state index in [0.717, 1.165) is 9.09 Å². The summed E-state index contributed by atoms with van der Waals surface area (Å²) in [7, 11) is 0. The van der Waals surface area contributed by atoms with Crippen LogP contribution in [0, 0.1) is 5.82 Å². The van der Waals surface area contributed by atoms with Crippen molar-refractivity contribution in [1.82, 2.24) is 0 Å². The van der Waals surface area contributed by atoms with E-state index in [1.165, 1.54) is 35.2 Å². The Kier molecular flexibility index (Phi) is 6.21. The smallest absolute Gasteiger partial charge is 0.195 e. The van der Waals surface area contributed by atoms with Gasteiger partial charge in [0.15, 0.2) is 11.6 Å². The lowest BCUT2D eigenvalue weighted by Gasteiger charge is -2.03. The molecule has 0 saturated carbocycles. The molecule has 0 N–H and O–H groups in total. The largest absolute Gasteiger partial charge is 0.293 e. The van der Waals surface area contributed by atoms with E-state index in [-0.39, 0.29) is 23.1 Å². The fourth-order valence-corrected chi connectivity index (χ4v) is 5.31. The molecule has 1 heterocycles. The van der Waals surface area contributed by atoms with Gasteiger partial charge in [-0.3, -0.25) is 9.59 Å². The van der Waals surface area contributed by atoms with Crippen LogP contribution in [0.3, 0.4) is 0 Å². The molecule has 1 aromatic heterocycles. The van der Waals surface area contributed by atoms with Crippen molar-refractivity contribution >= 4 is 34.7 Å². The zero-order valence-electron chi connectivity index (χ0n) is 15.9. The van der Waals surface area contributed by atoms with Gasteiger partial charge < -0.3 is 0 Å². The molecule has 5 heteroatoms. The van der Waals surface area contributed by atoms with Gasteiger partial charge in [0.25, 0.3) is 0 Å².